The highest BCUT2D eigenvalue weighted by atomic mass is 16.4. The molecule has 1 amide bonds. The number of amides is 1. The van der Waals surface area contributed by atoms with Crippen LogP contribution in [0.5, 0.6) is 0 Å². The van der Waals surface area contributed by atoms with Crippen molar-refractivity contribution in [3.05, 3.63) is 5.89 Å². The lowest BCUT2D eigenvalue weighted by atomic mass is 10.3. The summed E-state index contributed by atoms with van der Waals surface area (Å²) in [5, 5.41) is 14.1. The van der Waals surface area contributed by atoms with Gasteiger partial charge >= 0.3 is 6.01 Å². The Morgan fingerprint density at radius 1 is 1.30 bits per heavy atom. The highest BCUT2D eigenvalue weighted by Crippen LogP contribution is 2.16. The summed E-state index contributed by atoms with van der Waals surface area (Å²) in [6.45, 7) is 11.4. The number of rotatable bonds is 8. The molecule has 1 unspecified atom stereocenters. The minimum Gasteiger partial charge on any atom is -0.406 e. The number of hydrogen-bond donors (Lipinski definition) is 2. The van der Waals surface area contributed by atoms with Crippen LogP contribution in [-0.4, -0.2) is 41.8 Å². The second kappa shape index (κ2) is 7.84. The summed E-state index contributed by atoms with van der Waals surface area (Å²) in [4.78, 5) is 13.5. The monoisotopic (exact) mass is 283 g/mol. The summed E-state index contributed by atoms with van der Waals surface area (Å²) in [5.74, 6) is 0.478. The molecule has 0 saturated heterocycles. The number of nitrogens with one attached hydrogen (secondary N) is 2. The number of aromatic nitrogens is 2. The Morgan fingerprint density at radius 3 is 2.55 bits per heavy atom. The smallest absolute Gasteiger partial charge is 0.318 e. The molecule has 0 bridgehead atoms. The molecular weight excluding hydrogens is 258 g/mol. The molecule has 1 heterocycles. The van der Waals surface area contributed by atoms with Crippen molar-refractivity contribution in [3.8, 4) is 0 Å². The minimum atomic E-state index is -0.0543. The standard InChI is InChI=1S/C13H25N5O2/c1-6-14-10(5)12-16-17-13(20-12)18(7-2)8-11(19)15-9(3)4/h9-10,14H,6-8H2,1-5H3,(H,15,19). The van der Waals surface area contributed by atoms with E-state index in [1.807, 2.05) is 34.6 Å². The van der Waals surface area contributed by atoms with Gasteiger partial charge in [0.05, 0.1) is 6.04 Å². The molecule has 1 aromatic heterocycles. The number of carbonyl (C=O) groups excluding carboxylic acids is 1. The van der Waals surface area contributed by atoms with Crippen LogP contribution in [0.15, 0.2) is 4.42 Å². The van der Waals surface area contributed by atoms with Gasteiger partial charge < -0.3 is 20.0 Å². The van der Waals surface area contributed by atoms with E-state index in [4.69, 9.17) is 4.42 Å². The maximum Gasteiger partial charge on any atom is 0.318 e. The summed E-state index contributed by atoms with van der Waals surface area (Å²) < 4.78 is 5.62. The van der Waals surface area contributed by atoms with Gasteiger partial charge in [-0.1, -0.05) is 12.0 Å². The van der Waals surface area contributed by atoms with Crippen LogP contribution in [0.25, 0.3) is 0 Å². The molecule has 0 saturated carbocycles. The van der Waals surface area contributed by atoms with Gasteiger partial charge in [-0.3, -0.25) is 4.79 Å². The fourth-order valence-corrected chi connectivity index (χ4v) is 1.78. The zero-order valence-electron chi connectivity index (χ0n) is 12.9. The van der Waals surface area contributed by atoms with E-state index in [-0.39, 0.29) is 24.5 Å². The van der Waals surface area contributed by atoms with Crippen molar-refractivity contribution in [2.45, 2.75) is 46.7 Å². The van der Waals surface area contributed by atoms with Gasteiger partial charge in [0.2, 0.25) is 11.8 Å². The molecular formula is C13H25N5O2. The summed E-state index contributed by atoms with van der Waals surface area (Å²) in [7, 11) is 0. The maximum absolute atomic E-state index is 11.8. The fourth-order valence-electron chi connectivity index (χ4n) is 1.78. The predicted molar refractivity (Wildman–Crippen MR) is 77.6 cm³/mol. The normalized spacial score (nSPS) is 12.5. The van der Waals surface area contributed by atoms with Crippen LogP contribution in [0.1, 0.15) is 46.6 Å². The second-order valence-electron chi connectivity index (χ2n) is 4.94. The lowest BCUT2D eigenvalue weighted by Crippen LogP contribution is -2.40. The van der Waals surface area contributed by atoms with Crippen molar-refractivity contribution in [2.24, 2.45) is 0 Å². The van der Waals surface area contributed by atoms with Crippen molar-refractivity contribution in [2.75, 3.05) is 24.5 Å². The van der Waals surface area contributed by atoms with Gasteiger partial charge in [-0.05, 0) is 34.2 Å². The maximum atomic E-state index is 11.8. The molecule has 7 nitrogen and oxygen atoms in total. The first kappa shape index (κ1) is 16.4. The third-order valence-electron chi connectivity index (χ3n) is 2.75. The predicted octanol–water partition coefficient (Wildman–Crippen LogP) is 1.09. The highest BCUT2D eigenvalue weighted by molar-refractivity contribution is 5.80. The van der Waals surface area contributed by atoms with Crippen molar-refractivity contribution in [1.29, 1.82) is 0 Å². The average Bonchev–Trinajstić information content (AvgIpc) is 2.84. The molecule has 0 aliphatic heterocycles. The van der Waals surface area contributed by atoms with E-state index < -0.39 is 0 Å². The molecule has 1 atom stereocenters. The number of carbonyl (C=O) groups is 1. The van der Waals surface area contributed by atoms with Crippen molar-refractivity contribution < 1.29 is 9.21 Å². The van der Waals surface area contributed by atoms with E-state index >= 15 is 0 Å². The molecule has 0 spiro atoms. The molecule has 0 aromatic carbocycles. The van der Waals surface area contributed by atoms with Gasteiger partial charge in [0.15, 0.2) is 0 Å². The lowest BCUT2D eigenvalue weighted by molar-refractivity contribution is -0.120. The Bertz CT molecular complexity index is 419. The van der Waals surface area contributed by atoms with Crippen LogP contribution in [0.2, 0.25) is 0 Å². The van der Waals surface area contributed by atoms with Crippen molar-refractivity contribution in [1.82, 2.24) is 20.8 Å². The van der Waals surface area contributed by atoms with Crippen LogP contribution in [0, 0.1) is 0 Å². The quantitative estimate of drug-likeness (QED) is 0.743. The molecule has 0 aliphatic carbocycles. The largest absolute Gasteiger partial charge is 0.406 e. The van der Waals surface area contributed by atoms with E-state index in [0.717, 1.165) is 6.54 Å². The first-order chi connectivity index (χ1) is 9.47. The van der Waals surface area contributed by atoms with Crippen LogP contribution >= 0.6 is 0 Å². The summed E-state index contributed by atoms with van der Waals surface area (Å²) in [6, 6.07) is 0.504. The molecule has 0 fully saturated rings. The first-order valence-corrected chi connectivity index (χ1v) is 7.09. The van der Waals surface area contributed by atoms with Gasteiger partial charge in [-0.15, -0.1) is 5.10 Å². The zero-order valence-corrected chi connectivity index (χ0v) is 12.9. The molecule has 114 valence electrons. The van der Waals surface area contributed by atoms with Gasteiger partial charge in [-0.25, -0.2) is 0 Å². The Kier molecular flexibility index (Phi) is 6.44. The first-order valence-electron chi connectivity index (χ1n) is 7.09. The SMILES string of the molecule is CCNC(C)c1nnc(N(CC)CC(=O)NC(C)C)o1. The number of anilines is 1. The zero-order chi connectivity index (χ0) is 15.1. The van der Waals surface area contributed by atoms with Crippen LogP contribution in [0.4, 0.5) is 6.01 Å². The third-order valence-corrected chi connectivity index (χ3v) is 2.75. The van der Waals surface area contributed by atoms with Crippen LogP contribution in [0.3, 0.4) is 0 Å². The summed E-state index contributed by atoms with van der Waals surface area (Å²) in [5.41, 5.74) is 0. The van der Waals surface area contributed by atoms with Crippen LogP contribution in [-0.2, 0) is 4.79 Å². The number of likely N-dealkylation sites (N-methyl/N-ethyl adjacent to an activating group) is 1. The second-order valence-corrected chi connectivity index (χ2v) is 4.94. The van der Waals surface area contributed by atoms with E-state index in [9.17, 15) is 4.79 Å². The molecule has 0 aliphatic rings. The van der Waals surface area contributed by atoms with Gasteiger partial charge in [-0.2, -0.15) is 0 Å². The molecule has 0 radical (unpaired) electrons. The van der Waals surface area contributed by atoms with Gasteiger partial charge in [0.1, 0.15) is 6.54 Å². The minimum absolute atomic E-state index is 0.00412. The Labute approximate surface area is 120 Å². The average molecular weight is 283 g/mol. The molecule has 1 aromatic rings. The molecule has 2 N–H and O–H groups in total. The van der Waals surface area contributed by atoms with Gasteiger partial charge in [0.25, 0.3) is 0 Å². The van der Waals surface area contributed by atoms with Crippen molar-refractivity contribution in [3.63, 3.8) is 0 Å². The molecule has 7 heteroatoms. The van der Waals surface area contributed by atoms with Gasteiger partial charge in [0, 0.05) is 12.6 Å². The fraction of sp³-hybridized carbons (Fsp3) is 0.769. The number of nitrogens with zero attached hydrogens (tertiary/aromatic N) is 3. The van der Waals surface area contributed by atoms with Crippen molar-refractivity contribution >= 4 is 11.9 Å². The highest BCUT2D eigenvalue weighted by Gasteiger charge is 2.19. The Morgan fingerprint density at radius 2 is 2.00 bits per heavy atom. The number of hydrogen-bond acceptors (Lipinski definition) is 6. The third kappa shape index (κ3) is 4.80. The van der Waals surface area contributed by atoms with E-state index in [1.54, 1.807) is 4.90 Å². The molecule has 1 rings (SSSR count). The topological polar surface area (TPSA) is 83.3 Å². The summed E-state index contributed by atoms with van der Waals surface area (Å²) in [6.07, 6.45) is 0. The van der Waals surface area contributed by atoms with E-state index in [0.29, 0.717) is 18.5 Å². The van der Waals surface area contributed by atoms with Crippen LogP contribution < -0.4 is 15.5 Å². The summed E-state index contributed by atoms with van der Waals surface area (Å²) >= 11 is 0. The molecule has 20 heavy (non-hydrogen) atoms. The Balaban J connectivity index is 2.68. The lowest BCUT2D eigenvalue weighted by Gasteiger charge is -2.18. The Hall–Kier alpha value is -1.63. The van der Waals surface area contributed by atoms with E-state index in [2.05, 4.69) is 20.8 Å². The van der Waals surface area contributed by atoms with E-state index in [1.165, 1.54) is 0 Å².